The van der Waals surface area contributed by atoms with Crippen LogP contribution in [0.15, 0.2) is 40.9 Å². The van der Waals surface area contributed by atoms with Crippen molar-refractivity contribution in [1.29, 1.82) is 0 Å². The van der Waals surface area contributed by atoms with Crippen LogP contribution in [-0.2, 0) is 30.9 Å². The predicted octanol–water partition coefficient (Wildman–Crippen LogP) is 9.03. The first-order valence-corrected chi connectivity index (χ1v) is 21.6. The van der Waals surface area contributed by atoms with Gasteiger partial charge in [0.05, 0.1) is 34.2 Å². The summed E-state index contributed by atoms with van der Waals surface area (Å²) in [5.41, 5.74) is 2.47. The number of Topliss-reactive ketones (excluding diaryl/α,β-unsaturated/α-hetero) is 1. The number of aromatic nitrogens is 1. The van der Waals surface area contributed by atoms with E-state index in [4.69, 9.17) is 37.2 Å². The zero-order chi connectivity index (χ0) is 38.2. The number of nitrogens with one attached hydrogen (secondary N) is 1. The van der Waals surface area contributed by atoms with Crippen molar-refractivity contribution in [2.45, 2.75) is 115 Å². The number of benzene rings is 2. The van der Waals surface area contributed by atoms with Crippen LogP contribution >= 0.6 is 23.2 Å². The third-order valence-corrected chi connectivity index (χ3v) is 12.8. The summed E-state index contributed by atoms with van der Waals surface area (Å²) in [5, 5.41) is 5.35. The highest BCUT2D eigenvalue weighted by atomic mass is 35.5. The van der Waals surface area contributed by atoms with E-state index in [2.05, 4.69) is 9.88 Å². The molecular formula is C40H50Cl2FN3O7S. The third kappa shape index (κ3) is 10.4. The molecule has 2 bridgehead atoms. The van der Waals surface area contributed by atoms with Crippen LogP contribution in [0.4, 0.5) is 10.1 Å². The van der Waals surface area contributed by atoms with Gasteiger partial charge in [0.15, 0.2) is 5.78 Å². The highest BCUT2D eigenvalue weighted by Crippen LogP contribution is 2.47. The molecule has 1 amide bonds. The Bertz CT molecular complexity index is 1870. The van der Waals surface area contributed by atoms with Gasteiger partial charge in [0.25, 0.3) is 5.91 Å². The molecule has 6 rings (SSSR count). The van der Waals surface area contributed by atoms with E-state index in [1.54, 1.807) is 24.3 Å². The van der Waals surface area contributed by atoms with Crippen molar-refractivity contribution in [3.8, 4) is 11.3 Å². The molecule has 3 fully saturated rings. The largest absolute Gasteiger partial charge is 0.377 e. The first-order chi connectivity index (χ1) is 26.0. The quantitative estimate of drug-likeness (QED) is 0.0990. The molecule has 3 atom stereocenters. The molecule has 294 valence electrons. The summed E-state index contributed by atoms with van der Waals surface area (Å²) >= 11 is 13.0. The molecule has 2 heterocycles. The molecule has 0 spiro atoms. The number of halogens is 3. The standard InChI is InChI=1S/C40H50Cl2FN3O7S/c1-51-24-30(47)12-9-7-5-3-2-4-6-8-10-19-54(49,50)45-40(48)27-17-18-35(34(43)21-27)46-23-28-20-29(46)22-36(28)52-25-31-38(44-53-39(31)26-15-16-26)37-32(41)13-11-14-33(37)42/h11,13-14,17-18,21,26,28-29,36H,2-10,12,15-16,19-20,22-25H2,1H3,(H,45,48)/t28-,29-,36+/m0/s1. The normalized spacial score (nSPS) is 19.5. The molecule has 3 aromatic rings. The molecule has 0 unspecified atom stereocenters. The summed E-state index contributed by atoms with van der Waals surface area (Å²) in [7, 11) is -2.33. The Morgan fingerprint density at radius 2 is 1.67 bits per heavy atom. The monoisotopic (exact) mass is 805 g/mol. The van der Waals surface area contributed by atoms with Gasteiger partial charge in [-0.3, -0.25) is 9.59 Å². The highest BCUT2D eigenvalue weighted by molar-refractivity contribution is 7.90. The van der Waals surface area contributed by atoms with Crippen LogP contribution in [0.2, 0.25) is 10.0 Å². The van der Waals surface area contributed by atoms with Gasteiger partial charge >= 0.3 is 0 Å². The first kappa shape index (κ1) is 40.6. The van der Waals surface area contributed by atoms with Crippen LogP contribution in [0.3, 0.4) is 0 Å². The lowest BCUT2D eigenvalue weighted by atomic mass is 10.0. The summed E-state index contributed by atoms with van der Waals surface area (Å²) in [5.74, 6) is -0.101. The fourth-order valence-electron chi connectivity index (χ4n) is 7.86. The molecule has 1 aromatic heterocycles. The summed E-state index contributed by atoms with van der Waals surface area (Å²) in [6.07, 6.45) is 12.4. The zero-order valence-corrected chi connectivity index (χ0v) is 33.1. The summed E-state index contributed by atoms with van der Waals surface area (Å²) < 4.78 is 60.0. The number of rotatable bonds is 22. The molecule has 3 aliphatic rings. The Labute approximate surface area is 327 Å². The number of unbranched alkanes of at least 4 members (excludes halogenated alkanes) is 8. The minimum Gasteiger partial charge on any atom is -0.377 e. The molecule has 2 aliphatic carbocycles. The predicted molar refractivity (Wildman–Crippen MR) is 207 cm³/mol. The molecule has 1 saturated heterocycles. The van der Waals surface area contributed by atoms with Gasteiger partial charge < -0.3 is 18.9 Å². The van der Waals surface area contributed by atoms with E-state index in [0.29, 0.717) is 58.9 Å². The number of hydrogen-bond donors (Lipinski definition) is 1. The molecule has 10 nitrogen and oxygen atoms in total. The van der Waals surface area contributed by atoms with Crippen molar-refractivity contribution < 1.29 is 36.4 Å². The van der Waals surface area contributed by atoms with Crippen LogP contribution in [0.25, 0.3) is 11.3 Å². The van der Waals surface area contributed by atoms with E-state index in [1.165, 1.54) is 13.2 Å². The maximum atomic E-state index is 15.5. The van der Waals surface area contributed by atoms with Crippen LogP contribution < -0.4 is 9.62 Å². The zero-order valence-electron chi connectivity index (χ0n) is 30.8. The van der Waals surface area contributed by atoms with Crippen molar-refractivity contribution in [3.05, 3.63) is 69.1 Å². The minimum atomic E-state index is -3.85. The number of carbonyl (C=O) groups is 2. The van der Waals surface area contributed by atoms with Gasteiger partial charge in [-0.1, -0.05) is 79.4 Å². The van der Waals surface area contributed by atoms with Crippen LogP contribution in [0.1, 0.15) is 117 Å². The number of nitrogens with zero attached hydrogens (tertiary/aromatic N) is 2. The lowest BCUT2D eigenvalue weighted by molar-refractivity contribution is -0.122. The Morgan fingerprint density at radius 3 is 2.30 bits per heavy atom. The number of piperidine rings is 1. The smallest absolute Gasteiger partial charge is 0.264 e. The number of carbonyl (C=O) groups excluding carboxylic acids is 2. The molecule has 1 N–H and O–H groups in total. The minimum absolute atomic E-state index is 0.0263. The number of ether oxygens (including phenoxy) is 2. The lowest BCUT2D eigenvalue weighted by Crippen LogP contribution is -2.39. The van der Waals surface area contributed by atoms with Crippen molar-refractivity contribution in [2.75, 3.05) is 30.9 Å². The molecule has 14 heteroatoms. The maximum absolute atomic E-state index is 15.5. The molecule has 1 aliphatic heterocycles. The van der Waals surface area contributed by atoms with Crippen molar-refractivity contribution in [2.24, 2.45) is 5.92 Å². The van der Waals surface area contributed by atoms with E-state index >= 15 is 4.39 Å². The number of anilines is 1. The Hall–Kier alpha value is -3.03. The number of hydrogen-bond acceptors (Lipinski definition) is 9. The van der Waals surface area contributed by atoms with Gasteiger partial charge in [-0.25, -0.2) is 17.5 Å². The fourth-order valence-corrected chi connectivity index (χ4v) is 9.52. The van der Waals surface area contributed by atoms with E-state index < -0.39 is 21.7 Å². The molecule has 54 heavy (non-hydrogen) atoms. The number of ketones is 1. The molecule has 0 radical (unpaired) electrons. The van der Waals surface area contributed by atoms with E-state index in [-0.39, 0.29) is 41.8 Å². The number of fused-ring (bicyclic) bond motifs is 2. The number of sulfonamides is 1. The highest BCUT2D eigenvalue weighted by Gasteiger charge is 2.46. The average molecular weight is 807 g/mol. The topological polar surface area (TPSA) is 128 Å². The molecule has 2 saturated carbocycles. The Morgan fingerprint density at radius 1 is 0.981 bits per heavy atom. The number of methoxy groups -OCH3 is 1. The second-order valence-corrected chi connectivity index (χ2v) is 17.6. The van der Waals surface area contributed by atoms with Gasteiger partial charge in [-0.15, -0.1) is 0 Å². The Kier molecular flexibility index (Phi) is 14.1. The van der Waals surface area contributed by atoms with E-state index in [9.17, 15) is 18.0 Å². The second kappa shape index (κ2) is 18.7. The van der Waals surface area contributed by atoms with Crippen LogP contribution in [-0.4, -0.2) is 63.4 Å². The molecule has 2 aromatic carbocycles. The van der Waals surface area contributed by atoms with Crippen molar-refractivity contribution >= 4 is 50.6 Å². The van der Waals surface area contributed by atoms with Gasteiger partial charge in [0.1, 0.15) is 23.9 Å². The summed E-state index contributed by atoms with van der Waals surface area (Å²) in [6, 6.07) is 9.57. The van der Waals surface area contributed by atoms with Crippen LogP contribution in [0, 0.1) is 11.7 Å². The van der Waals surface area contributed by atoms with E-state index in [1.807, 2.05) is 4.90 Å². The third-order valence-electron chi connectivity index (χ3n) is 10.8. The van der Waals surface area contributed by atoms with Gasteiger partial charge in [0, 0.05) is 54.6 Å². The SMILES string of the molecule is COCC(=O)CCCCCCCCCCCS(=O)(=O)NC(=O)c1ccc(N2C[C@@H]3C[C@H]2C[C@H]3OCc2c(-c3c(Cl)cccc3Cl)noc2C2CC2)c(F)c1. The van der Waals surface area contributed by atoms with Crippen LogP contribution in [0.5, 0.6) is 0 Å². The van der Waals surface area contributed by atoms with Crippen molar-refractivity contribution in [3.63, 3.8) is 0 Å². The van der Waals surface area contributed by atoms with Crippen molar-refractivity contribution in [1.82, 2.24) is 9.88 Å². The Balaban J connectivity index is 0.926. The first-order valence-electron chi connectivity index (χ1n) is 19.2. The van der Waals surface area contributed by atoms with Gasteiger partial charge in [-0.05, 0) is 68.9 Å². The second-order valence-electron chi connectivity index (χ2n) is 15.0. The van der Waals surface area contributed by atoms with Gasteiger partial charge in [0.2, 0.25) is 10.0 Å². The summed E-state index contributed by atoms with van der Waals surface area (Å²) in [4.78, 5) is 26.3. The maximum Gasteiger partial charge on any atom is 0.264 e. The lowest BCUT2D eigenvalue weighted by Gasteiger charge is -2.33. The fraction of sp³-hybridized carbons (Fsp3) is 0.575. The summed E-state index contributed by atoms with van der Waals surface area (Å²) in [6.45, 7) is 1.10. The van der Waals surface area contributed by atoms with E-state index in [0.717, 1.165) is 94.4 Å². The average Bonchev–Trinajstić information content (AvgIpc) is 3.58. The van der Waals surface area contributed by atoms with Gasteiger partial charge in [-0.2, -0.15) is 0 Å². The number of amides is 1. The molecular weight excluding hydrogens is 756 g/mol.